The zero-order valence-electron chi connectivity index (χ0n) is 6.20. The van der Waals surface area contributed by atoms with E-state index in [4.69, 9.17) is 0 Å². The van der Waals surface area contributed by atoms with E-state index in [9.17, 15) is 9.59 Å². The maximum Gasteiger partial charge on any atom is 0.258 e. The third-order valence-corrected chi connectivity index (χ3v) is 1.64. The van der Waals surface area contributed by atoms with Gasteiger partial charge in [-0.25, -0.2) is 0 Å². The lowest BCUT2D eigenvalue weighted by Crippen LogP contribution is -2.19. The van der Waals surface area contributed by atoms with Crippen molar-refractivity contribution in [3.05, 3.63) is 35.4 Å². The van der Waals surface area contributed by atoms with Gasteiger partial charge in [0.2, 0.25) is 0 Å². The molecule has 0 saturated heterocycles. The van der Waals surface area contributed by atoms with Crippen molar-refractivity contribution in [3.63, 3.8) is 0 Å². The van der Waals surface area contributed by atoms with Gasteiger partial charge in [-0.05, 0) is 12.1 Å². The Morgan fingerprint density at radius 3 is 1.75 bits per heavy atom. The molecule has 2 rings (SSSR count). The van der Waals surface area contributed by atoms with Crippen molar-refractivity contribution in [2.45, 2.75) is 0 Å². The number of amides is 2. The average molecular weight is 174 g/mol. The van der Waals surface area contributed by atoms with E-state index in [-0.39, 0.29) is 29.2 Å². The minimum Gasteiger partial charge on any atom is -0.288 e. The van der Waals surface area contributed by atoms with Gasteiger partial charge in [-0.2, -0.15) is 0 Å². The monoisotopic (exact) mass is 174 g/mol. The fourth-order valence-electron chi connectivity index (χ4n) is 1.12. The van der Waals surface area contributed by atoms with Gasteiger partial charge in [-0.3, -0.25) is 14.9 Å². The number of carbonyl (C=O) groups is 2. The lowest BCUT2D eigenvalue weighted by molar-refractivity contribution is 0.0879. The highest BCUT2D eigenvalue weighted by molar-refractivity contribution is 6.21. The Kier molecular flexibility index (Phi) is 2.32. The van der Waals surface area contributed by atoms with E-state index in [0.29, 0.717) is 11.1 Å². The van der Waals surface area contributed by atoms with Gasteiger partial charge in [0, 0.05) is 17.4 Å². The molecular weight excluding hydrogens is 169 g/mol. The Hall–Kier alpha value is -1.11. The Bertz CT molecular complexity index is 316. The summed E-state index contributed by atoms with van der Waals surface area (Å²) < 4.78 is 0. The van der Waals surface area contributed by atoms with Gasteiger partial charge in [-0.15, -0.1) is 0 Å². The lowest BCUT2D eigenvalue weighted by atomic mass is 10.1. The number of hydrogen-bond donors (Lipinski definition) is 1. The van der Waals surface area contributed by atoms with Crippen LogP contribution in [-0.2, 0) is 0 Å². The number of imide groups is 1. The fraction of sp³-hybridized carbons (Fsp3) is 0. The largest absolute Gasteiger partial charge is 0.288 e. The molecule has 1 N–H and O–H groups in total. The van der Waals surface area contributed by atoms with E-state index in [1.807, 2.05) is 0 Å². The first-order valence-electron chi connectivity index (χ1n) is 3.24. The highest BCUT2D eigenvalue weighted by Gasteiger charge is 2.25. The van der Waals surface area contributed by atoms with Gasteiger partial charge < -0.3 is 0 Å². The van der Waals surface area contributed by atoms with E-state index in [2.05, 4.69) is 5.32 Å². The minimum atomic E-state index is -0.300. The fourth-order valence-corrected chi connectivity index (χ4v) is 1.12. The maximum atomic E-state index is 10.9. The number of hydrogen-bond acceptors (Lipinski definition) is 2. The second kappa shape index (κ2) is 3.10. The molecule has 0 fully saturated rings. The predicted octanol–water partition coefficient (Wildman–Crippen LogP) is 0.189. The van der Waals surface area contributed by atoms with Crippen LogP contribution in [0.25, 0.3) is 0 Å². The summed E-state index contributed by atoms with van der Waals surface area (Å²) in [6.45, 7) is 0. The number of fused-ring (bicyclic) bond motifs is 1. The summed E-state index contributed by atoms with van der Waals surface area (Å²) in [6.07, 6.45) is 0. The number of nitrogens with one attached hydrogen (secondary N) is 1. The quantitative estimate of drug-likeness (QED) is 0.450. The Morgan fingerprint density at radius 1 is 0.917 bits per heavy atom. The summed E-state index contributed by atoms with van der Waals surface area (Å²) >= 11 is 0. The first kappa shape index (κ1) is 8.98. The van der Waals surface area contributed by atoms with E-state index in [0.717, 1.165) is 0 Å². The van der Waals surface area contributed by atoms with Crippen molar-refractivity contribution >= 4 is 29.2 Å². The van der Waals surface area contributed by atoms with Crippen LogP contribution in [0, 0.1) is 0 Å². The van der Waals surface area contributed by atoms with Crippen LogP contribution in [0.4, 0.5) is 0 Å². The van der Waals surface area contributed by atoms with Crippen molar-refractivity contribution < 1.29 is 9.59 Å². The molecule has 0 aliphatic carbocycles. The van der Waals surface area contributed by atoms with Crippen molar-refractivity contribution in [1.29, 1.82) is 0 Å². The van der Waals surface area contributed by atoms with E-state index < -0.39 is 0 Å². The first-order valence-corrected chi connectivity index (χ1v) is 3.24. The molecule has 1 aliphatic heterocycles. The molecule has 1 aromatic carbocycles. The highest BCUT2D eigenvalue weighted by Crippen LogP contribution is 2.13. The molecule has 3 nitrogen and oxygen atoms in total. The third kappa shape index (κ3) is 1.16. The minimum absolute atomic E-state index is 0. The second-order valence-electron chi connectivity index (χ2n) is 2.33. The summed E-state index contributed by atoms with van der Waals surface area (Å²) in [6, 6.07) is 6.74. The maximum absolute atomic E-state index is 10.9. The summed E-state index contributed by atoms with van der Waals surface area (Å²) in [5.74, 6) is -0.601. The number of benzene rings is 1. The van der Waals surface area contributed by atoms with Crippen molar-refractivity contribution in [2.75, 3.05) is 0 Å². The normalized spacial score (nSPS) is 13.3. The van der Waals surface area contributed by atoms with Crippen LogP contribution in [0.2, 0.25) is 0 Å². The summed E-state index contributed by atoms with van der Waals surface area (Å²) in [5.41, 5.74) is 0.940. The predicted molar refractivity (Wildman–Crippen MR) is 44.0 cm³/mol. The van der Waals surface area contributed by atoms with Crippen LogP contribution >= 0.6 is 0 Å². The molecule has 0 aromatic heterocycles. The zero-order chi connectivity index (χ0) is 7.84. The summed E-state index contributed by atoms with van der Waals surface area (Å²) in [4.78, 5) is 21.9. The van der Waals surface area contributed by atoms with Gasteiger partial charge >= 0.3 is 0 Å². The zero-order valence-corrected chi connectivity index (χ0v) is 7.36. The molecule has 0 bridgehead atoms. The molecule has 2 amide bonds. The Balaban J connectivity index is 0.000000720. The van der Waals surface area contributed by atoms with Crippen LogP contribution in [0.15, 0.2) is 24.3 Å². The van der Waals surface area contributed by atoms with Gasteiger partial charge in [0.1, 0.15) is 0 Å². The molecule has 4 heteroatoms. The van der Waals surface area contributed by atoms with Crippen LogP contribution in [-0.4, -0.2) is 29.2 Å². The van der Waals surface area contributed by atoms with Gasteiger partial charge in [0.05, 0.1) is 11.1 Å². The summed E-state index contributed by atoms with van der Waals surface area (Å²) in [5, 5.41) is 2.20. The van der Waals surface area contributed by atoms with E-state index in [1.165, 1.54) is 0 Å². The van der Waals surface area contributed by atoms with E-state index >= 15 is 0 Å². The lowest BCUT2D eigenvalue weighted by Gasteiger charge is -1.88. The topological polar surface area (TPSA) is 46.2 Å². The molecule has 1 heterocycles. The molecule has 1 aliphatic rings. The molecule has 57 valence electrons. The second-order valence-corrected chi connectivity index (χ2v) is 2.33. The molecule has 3 radical (unpaired) electrons. The molecular formula is C8H5AlNO2. The molecule has 0 saturated carbocycles. The van der Waals surface area contributed by atoms with Gasteiger partial charge in [0.15, 0.2) is 0 Å². The molecule has 0 atom stereocenters. The van der Waals surface area contributed by atoms with Crippen molar-refractivity contribution in [2.24, 2.45) is 0 Å². The Morgan fingerprint density at radius 2 is 1.33 bits per heavy atom. The average Bonchev–Trinajstić information content (AvgIpc) is 2.30. The van der Waals surface area contributed by atoms with Crippen molar-refractivity contribution in [3.8, 4) is 0 Å². The van der Waals surface area contributed by atoms with Crippen LogP contribution in [0.1, 0.15) is 20.7 Å². The molecule has 12 heavy (non-hydrogen) atoms. The molecule has 0 spiro atoms. The van der Waals surface area contributed by atoms with Gasteiger partial charge in [-0.1, -0.05) is 12.1 Å². The van der Waals surface area contributed by atoms with E-state index in [1.54, 1.807) is 24.3 Å². The van der Waals surface area contributed by atoms with Crippen LogP contribution in [0.5, 0.6) is 0 Å². The number of rotatable bonds is 0. The SMILES string of the molecule is O=C1NC(=O)c2ccccc21.[Al]. The third-order valence-electron chi connectivity index (χ3n) is 1.64. The number of carbonyl (C=O) groups excluding carboxylic acids is 2. The smallest absolute Gasteiger partial charge is 0.258 e. The molecule has 1 aromatic rings. The van der Waals surface area contributed by atoms with Crippen molar-refractivity contribution in [1.82, 2.24) is 5.32 Å². The summed E-state index contributed by atoms with van der Waals surface area (Å²) in [7, 11) is 0. The highest BCUT2D eigenvalue weighted by atomic mass is 27.0. The van der Waals surface area contributed by atoms with Gasteiger partial charge in [0.25, 0.3) is 11.8 Å². The first-order chi connectivity index (χ1) is 5.29. The standard InChI is InChI=1S/C8H5NO2.Al/c10-7-5-3-1-2-4-6(5)8(11)9-7;/h1-4H,(H,9,10,11);. The molecule has 0 unspecified atom stereocenters. The Labute approximate surface area is 79.9 Å². The van der Waals surface area contributed by atoms with Crippen LogP contribution in [0.3, 0.4) is 0 Å². The van der Waals surface area contributed by atoms with Crippen LogP contribution < -0.4 is 5.32 Å².